The molecule has 11 nitrogen and oxygen atoms in total. The highest BCUT2D eigenvalue weighted by Gasteiger charge is 2.15. The van der Waals surface area contributed by atoms with Crippen LogP contribution in [0, 0.1) is 18.3 Å². The van der Waals surface area contributed by atoms with Crippen LogP contribution in [-0.4, -0.2) is 53.3 Å². The van der Waals surface area contributed by atoms with Gasteiger partial charge in [-0.3, -0.25) is 4.57 Å². The van der Waals surface area contributed by atoms with E-state index in [1.807, 2.05) is 41.8 Å². The molecule has 1 aromatic carbocycles. The molecule has 4 aromatic heterocycles. The molecule has 4 heterocycles. The van der Waals surface area contributed by atoms with Crippen molar-refractivity contribution < 1.29 is 9.84 Å². The van der Waals surface area contributed by atoms with Gasteiger partial charge in [-0.15, -0.1) is 10.2 Å². The Hall–Kier alpha value is -4.53. The molecule has 5 rings (SSSR count). The van der Waals surface area contributed by atoms with Crippen LogP contribution >= 0.6 is 11.6 Å². The van der Waals surface area contributed by atoms with Gasteiger partial charge in [0.15, 0.2) is 28.2 Å². The molecular formula is C24H20ClN9O2. The first-order valence-electron chi connectivity index (χ1n) is 10.9. The number of hydrogen-bond acceptors (Lipinski definition) is 9. The van der Waals surface area contributed by atoms with Crippen LogP contribution in [0.3, 0.4) is 0 Å². The Morgan fingerprint density at radius 3 is 2.78 bits per heavy atom. The van der Waals surface area contributed by atoms with Crippen molar-refractivity contribution in [2.24, 2.45) is 0 Å². The quantitative estimate of drug-likeness (QED) is 0.342. The largest absolute Gasteiger partial charge is 0.493 e. The summed E-state index contributed by atoms with van der Waals surface area (Å²) in [5, 5.41) is 34.5. The Kier molecular flexibility index (Phi) is 6.20. The minimum absolute atomic E-state index is 0.0357. The summed E-state index contributed by atoms with van der Waals surface area (Å²) in [7, 11) is 1.53. The molecule has 36 heavy (non-hydrogen) atoms. The third kappa shape index (κ3) is 4.31. The summed E-state index contributed by atoms with van der Waals surface area (Å²) in [5.74, 6) is 2.06. The molecule has 0 spiro atoms. The summed E-state index contributed by atoms with van der Waals surface area (Å²) >= 11 is 5.90. The number of nitrogens with one attached hydrogen (secondary N) is 1. The smallest absolute Gasteiger partial charge is 0.195 e. The first-order valence-corrected chi connectivity index (χ1v) is 11.3. The zero-order valence-electron chi connectivity index (χ0n) is 19.3. The summed E-state index contributed by atoms with van der Waals surface area (Å²) in [6.07, 6.45) is 2.09. The van der Waals surface area contributed by atoms with Gasteiger partial charge < -0.3 is 15.2 Å². The molecule has 0 atom stereocenters. The number of methoxy groups -OCH3 is 1. The van der Waals surface area contributed by atoms with E-state index in [4.69, 9.17) is 21.3 Å². The minimum atomic E-state index is -0.0357. The second-order valence-corrected chi connectivity index (χ2v) is 8.23. The Morgan fingerprint density at radius 2 is 2.03 bits per heavy atom. The number of aliphatic hydroxyl groups is 1. The molecule has 0 saturated heterocycles. The zero-order valence-corrected chi connectivity index (χ0v) is 20.1. The van der Waals surface area contributed by atoms with Crippen LogP contribution in [0.5, 0.6) is 5.75 Å². The highest BCUT2D eigenvalue weighted by atomic mass is 35.5. The number of benzene rings is 1. The summed E-state index contributed by atoms with van der Waals surface area (Å²) in [6.45, 7) is 1.82. The van der Waals surface area contributed by atoms with Crippen LogP contribution in [0.1, 0.15) is 17.0 Å². The van der Waals surface area contributed by atoms with Gasteiger partial charge >= 0.3 is 0 Å². The lowest BCUT2D eigenvalue weighted by atomic mass is 10.2. The summed E-state index contributed by atoms with van der Waals surface area (Å²) in [5.41, 5.74) is 4.17. The summed E-state index contributed by atoms with van der Waals surface area (Å²) < 4.78 is 8.80. The van der Waals surface area contributed by atoms with Crippen molar-refractivity contribution in [1.82, 2.24) is 34.5 Å². The van der Waals surface area contributed by atoms with E-state index >= 15 is 0 Å². The fourth-order valence-corrected chi connectivity index (χ4v) is 3.99. The number of nitrogens with zero attached hydrogens (tertiary/aromatic N) is 8. The van der Waals surface area contributed by atoms with Crippen molar-refractivity contribution >= 4 is 34.1 Å². The van der Waals surface area contributed by atoms with Crippen molar-refractivity contribution in [3.63, 3.8) is 0 Å². The number of halogens is 1. The Bertz CT molecular complexity index is 1620. The van der Waals surface area contributed by atoms with Gasteiger partial charge in [0, 0.05) is 24.1 Å². The lowest BCUT2D eigenvalue weighted by Crippen LogP contribution is -2.10. The minimum Gasteiger partial charge on any atom is -0.493 e. The van der Waals surface area contributed by atoms with E-state index in [2.05, 4.69) is 31.7 Å². The number of fused-ring (bicyclic) bond motifs is 1. The van der Waals surface area contributed by atoms with Gasteiger partial charge in [0.25, 0.3) is 0 Å². The Balaban J connectivity index is 1.53. The third-order valence-corrected chi connectivity index (χ3v) is 5.72. The maximum Gasteiger partial charge on any atom is 0.195 e. The summed E-state index contributed by atoms with van der Waals surface area (Å²) in [6, 6.07) is 14.8. The van der Waals surface area contributed by atoms with Crippen LogP contribution in [0.25, 0.3) is 22.7 Å². The molecule has 180 valence electrons. The van der Waals surface area contributed by atoms with E-state index in [0.717, 1.165) is 28.0 Å². The van der Waals surface area contributed by atoms with Crippen LogP contribution in [0.4, 0.5) is 11.5 Å². The van der Waals surface area contributed by atoms with Gasteiger partial charge in [-0.2, -0.15) is 10.4 Å². The molecule has 0 aliphatic heterocycles. The van der Waals surface area contributed by atoms with Crippen molar-refractivity contribution in [1.29, 1.82) is 5.26 Å². The molecule has 0 saturated carbocycles. The Labute approximate surface area is 210 Å². The molecule has 0 amide bonds. The van der Waals surface area contributed by atoms with Gasteiger partial charge in [-0.05, 0) is 49.2 Å². The SMILES string of the molecule is COc1cc(Cl)nnc1Nc1ccc2c(c1)ncn2-c1ccc(CCO)c(-n2nc(C#N)cc2C)n1. The molecule has 0 bridgehead atoms. The summed E-state index contributed by atoms with van der Waals surface area (Å²) in [4.78, 5) is 9.36. The number of rotatable bonds is 7. The number of aliphatic hydroxyl groups excluding tert-OH is 1. The van der Waals surface area contributed by atoms with Crippen molar-refractivity contribution in [3.05, 3.63) is 70.9 Å². The number of anilines is 2. The van der Waals surface area contributed by atoms with Gasteiger partial charge in [0.2, 0.25) is 0 Å². The fraction of sp³-hybridized carbons (Fsp3) is 0.167. The van der Waals surface area contributed by atoms with Crippen LogP contribution < -0.4 is 10.1 Å². The van der Waals surface area contributed by atoms with Crippen molar-refractivity contribution in [3.8, 4) is 23.5 Å². The molecule has 2 N–H and O–H groups in total. The molecule has 0 unspecified atom stereocenters. The Morgan fingerprint density at radius 1 is 1.17 bits per heavy atom. The second-order valence-electron chi connectivity index (χ2n) is 7.85. The van der Waals surface area contributed by atoms with Crippen LogP contribution in [-0.2, 0) is 6.42 Å². The van der Waals surface area contributed by atoms with E-state index < -0.39 is 0 Å². The van der Waals surface area contributed by atoms with Gasteiger partial charge in [0.05, 0.1) is 18.1 Å². The normalized spacial score (nSPS) is 11.0. The highest BCUT2D eigenvalue weighted by molar-refractivity contribution is 6.29. The molecule has 0 radical (unpaired) electrons. The van der Waals surface area contributed by atoms with Gasteiger partial charge in [-0.1, -0.05) is 17.7 Å². The van der Waals surface area contributed by atoms with Crippen molar-refractivity contribution in [2.75, 3.05) is 19.0 Å². The molecular weight excluding hydrogens is 482 g/mol. The molecule has 0 fully saturated rings. The lowest BCUT2D eigenvalue weighted by Gasteiger charge is -2.13. The average molecular weight is 502 g/mol. The monoisotopic (exact) mass is 501 g/mol. The zero-order chi connectivity index (χ0) is 25.2. The highest BCUT2D eigenvalue weighted by Crippen LogP contribution is 2.29. The number of ether oxygens (including phenoxy) is 1. The second kappa shape index (κ2) is 9.61. The van der Waals surface area contributed by atoms with Crippen molar-refractivity contribution in [2.45, 2.75) is 13.3 Å². The topological polar surface area (TPSA) is 140 Å². The predicted octanol–water partition coefficient (Wildman–Crippen LogP) is 3.52. The average Bonchev–Trinajstić information content (AvgIpc) is 3.48. The van der Waals surface area contributed by atoms with E-state index in [-0.39, 0.29) is 11.8 Å². The van der Waals surface area contributed by atoms with E-state index in [0.29, 0.717) is 35.3 Å². The van der Waals surface area contributed by atoms with Crippen LogP contribution in [0.15, 0.2) is 48.8 Å². The molecule has 5 aromatic rings. The molecule has 0 aliphatic carbocycles. The number of pyridine rings is 1. The lowest BCUT2D eigenvalue weighted by molar-refractivity contribution is 0.299. The first kappa shape index (κ1) is 23.2. The van der Waals surface area contributed by atoms with E-state index in [1.54, 1.807) is 23.1 Å². The number of hydrogen-bond donors (Lipinski definition) is 2. The predicted molar refractivity (Wildman–Crippen MR) is 133 cm³/mol. The fourth-order valence-electron chi connectivity index (χ4n) is 3.85. The third-order valence-electron chi connectivity index (χ3n) is 5.53. The standard InChI is InChI=1S/C24H20ClN9O2/c1-14-9-17(12-26)32-34(14)24-15(7-8-35)3-6-22(29-24)33-13-27-18-10-16(4-5-19(18)33)28-23-20(36-2)11-21(25)30-31-23/h3-6,9-11,13,35H,7-8H2,1-2H3,(H,28,31). The number of aromatic nitrogens is 7. The maximum absolute atomic E-state index is 9.53. The number of nitriles is 1. The number of imidazole rings is 1. The van der Waals surface area contributed by atoms with Gasteiger partial charge in [-0.25, -0.2) is 14.6 Å². The van der Waals surface area contributed by atoms with Gasteiger partial charge in [0.1, 0.15) is 18.2 Å². The van der Waals surface area contributed by atoms with E-state index in [9.17, 15) is 10.4 Å². The molecule has 12 heteroatoms. The number of aryl methyl sites for hydroxylation is 1. The van der Waals surface area contributed by atoms with E-state index in [1.165, 1.54) is 7.11 Å². The van der Waals surface area contributed by atoms with Crippen LogP contribution in [0.2, 0.25) is 5.15 Å². The maximum atomic E-state index is 9.53. The first-order chi connectivity index (χ1) is 17.5. The molecule has 0 aliphatic rings.